The average molecular weight is 357 g/mol. The lowest BCUT2D eigenvalue weighted by molar-refractivity contribution is 0.0248. The predicted octanol–water partition coefficient (Wildman–Crippen LogP) is 4.32. The molecular formula is C17H22Cl2N2O2. The minimum absolute atomic E-state index is 0.219. The first-order valence-corrected chi connectivity index (χ1v) is 8.63. The van der Waals surface area contributed by atoms with E-state index in [9.17, 15) is 4.79 Å². The lowest BCUT2D eigenvalue weighted by Gasteiger charge is -2.28. The molecule has 126 valence electrons. The van der Waals surface area contributed by atoms with Gasteiger partial charge < -0.3 is 14.5 Å². The molecule has 2 heterocycles. The van der Waals surface area contributed by atoms with Crippen LogP contribution >= 0.6 is 23.2 Å². The van der Waals surface area contributed by atoms with Crippen molar-refractivity contribution in [1.29, 1.82) is 0 Å². The molecule has 2 aliphatic rings. The molecule has 0 N–H and O–H groups in total. The van der Waals surface area contributed by atoms with Crippen LogP contribution < -0.4 is 4.90 Å². The Morgan fingerprint density at radius 1 is 1.26 bits per heavy atom. The first-order chi connectivity index (χ1) is 10.7. The summed E-state index contributed by atoms with van der Waals surface area (Å²) >= 11 is 12.8. The standard InChI is InChI=1S/C17H22Cl2N2O2/c1-17(2,3)23-16(22)21-6-5-11-12(18)7-13(19)15-14(11)10(9-21)8-20(15)4/h7,10H,5-6,8-9H2,1-4H3. The molecule has 0 fully saturated rings. The van der Waals surface area contributed by atoms with E-state index in [4.69, 9.17) is 27.9 Å². The molecule has 0 saturated heterocycles. The van der Waals surface area contributed by atoms with E-state index in [0.717, 1.165) is 24.2 Å². The van der Waals surface area contributed by atoms with Crippen LogP contribution in [-0.2, 0) is 11.2 Å². The summed E-state index contributed by atoms with van der Waals surface area (Å²) in [5, 5.41) is 1.38. The summed E-state index contributed by atoms with van der Waals surface area (Å²) in [7, 11) is 2.03. The van der Waals surface area contributed by atoms with Crippen molar-refractivity contribution in [3.05, 3.63) is 27.2 Å². The summed E-state index contributed by atoms with van der Waals surface area (Å²) < 4.78 is 5.54. The summed E-state index contributed by atoms with van der Waals surface area (Å²) in [6.07, 6.45) is 0.464. The lowest BCUT2D eigenvalue weighted by atomic mass is 9.95. The van der Waals surface area contributed by atoms with Gasteiger partial charge in [-0.05, 0) is 44.4 Å². The number of rotatable bonds is 0. The number of likely N-dealkylation sites (N-methyl/N-ethyl adjacent to an activating group) is 1. The minimum Gasteiger partial charge on any atom is -0.444 e. The van der Waals surface area contributed by atoms with Gasteiger partial charge in [0.2, 0.25) is 0 Å². The van der Waals surface area contributed by atoms with Gasteiger partial charge in [0.15, 0.2) is 0 Å². The van der Waals surface area contributed by atoms with Crippen LogP contribution in [0.1, 0.15) is 37.8 Å². The van der Waals surface area contributed by atoms with Crippen molar-refractivity contribution in [1.82, 2.24) is 4.90 Å². The zero-order valence-electron chi connectivity index (χ0n) is 13.9. The number of ether oxygens (including phenoxy) is 1. The molecule has 0 aromatic heterocycles. The highest BCUT2D eigenvalue weighted by atomic mass is 35.5. The molecule has 3 rings (SSSR count). The van der Waals surface area contributed by atoms with Gasteiger partial charge in [0, 0.05) is 37.6 Å². The molecule has 0 radical (unpaired) electrons. The quantitative estimate of drug-likeness (QED) is 0.693. The fourth-order valence-electron chi connectivity index (χ4n) is 3.51. The number of carbonyl (C=O) groups excluding carboxylic acids is 1. The van der Waals surface area contributed by atoms with Gasteiger partial charge in [-0.25, -0.2) is 4.79 Å². The van der Waals surface area contributed by atoms with Crippen molar-refractivity contribution in [3.8, 4) is 0 Å². The number of halogens is 2. The maximum atomic E-state index is 12.5. The summed E-state index contributed by atoms with van der Waals surface area (Å²) in [6.45, 7) is 7.74. The summed E-state index contributed by atoms with van der Waals surface area (Å²) in [4.78, 5) is 16.4. The Kier molecular flexibility index (Phi) is 4.18. The second-order valence-corrected chi connectivity index (χ2v) is 8.15. The SMILES string of the molecule is CN1CC2CN(C(=O)OC(C)(C)C)CCc3c(Cl)cc(Cl)c1c32. The molecule has 1 aromatic carbocycles. The van der Waals surface area contributed by atoms with E-state index in [2.05, 4.69) is 4.90 Å². The Balaban J connectivity index is 1.93. The molecule has 4 nitrogen and oxygen atoms in total. The average Bonchev–Trinajstić information content (AvgIpc) is 2.61. The van der Waals surface area contributed by atoms with E-state index in [1.54, 1.807) is 4.90 Å². The van der Waals surface area contributed by atoms with Crippen LogP contribution in [-0.4, -0.2) is 43.3 Å². The number of carbonyl (C=O) groups is 1. The van der Waals surface area contributed by atoms with Crippen molar-refractivity contribution >= 4 is 35.0 Å². The monoisotopic (exact) mass is 356 g/mol. The van der Waals surface area contributed by atoms with Crippen LogP contribution in [0.15, 0.2) is 6.07 Å². The van der Waals surface area contributed by atoms with Crippen LogP contribution in [0.25, 0.3) is 0 Å². The van der Waals surface area contributed by atoms with E-state index in [1.807, 2.05) is 33.9 Å². The van der Waals surface area contributed by atoms with Crippen molar-refractivity contribution in [2.45, 2.75) is 38.7 Å². The summed E-state index contributed by atoms with van der Waals surface area (Å²) in [5.41, 5.74) is 2.89. The first kappa shape index (κ1) is 16.7. The van der Waals surface area contributed by atoms with Gasteiger partial charge in [-0.15, -0.1) is 0 Å². The highest BCUT2D eigenvalue weighted by Crippen LogP contribution is 2.46. The van der Waals surface area contributed by atoms with Gasteiger partial charge in [0.05, 0.1) is 10.7 Å². The van der Waals surface area contributed by atoms with Gasteiger partial charge in [-0.3, -0.25) is 0 Å². The van der Waals surface area contributed by atoms with E-state index < -0.39 is 5.60 Å². The minimum atomic E-state index is -0.491. The van der Waals surface area contributed by atoms with Gasteiger partial charge in [0.1, 0.15) is 5.60 Å². The molecule has 0 spiro atoms. The number of benzene rings is 1. The fraction of sp³-hybridized carbons (Fsp3) is 0.588. The normalized spacial score (nSPS) is 20.3. The molecule has 2 aliphatic heterocycles. The Hall–Kier alpha value is -1.13. The molecule has 0 saturated carbocycles. The van der Waals surface area contributed by atoms with Gasteiger partial charge in [-0.2, -0.15) is 0 Å². The van der Waals surface area contributed by atoms with Crippen LogP contribution in [0.5, 0.6) is 0 Å². The van der Waals surface area contributed by atoms with E-state index in [-0.39, 0.29) is 12.0 Å². The summed E-state index contributed by atoms with van der Waals surface area (Å²) in [6, 6.07) is 1.82. The second-order valence-electron chi connectivity index (χ2n) is 7.33. The Bertz CT molecular complexity index is 655. The molecule has 0 aliphatic carbocycles. The lowest BCUT2D eigenvalue weighted by Crippen LogP contribution is -2.39. The third kappa shape index (κ3) is 3.11. The highest BCUT2D eigenvalue weighted by molar-refractivity contribution is 6.37. The Labute approximate surface area is 147 Å². The third-order valence-corrected chi connectivity index (χ3v) is 4.98. The number of hydrogen-bond donors (Lipinski definition) is 0. The van der Waals surface area contributed by atoms with Crippen LogP contribution in [0, 0.1) is 0 Å². The first-order valence-electron chi connectivity index (χ1n) is 7.87. The van der Waals surface area contributed by atoms with Gasteiger partial charge in [0.25, 0.3) is 0 Å². The topological polar surface area (TPSA) is 32.8 Å². The van der Waals surface area contributed by atoms with Crippen molar-refractivity contribution in [2.24, 2.45) is 0 Å². The predicted molar refractivity (Wildman–Crippen MR) is 94.0 cm³/mol. The largest absolute Gasteiger partial charge is 0.444 e. The fourth-order valence-corrected chi connectivity index (χ4v) is 4.22. The number of amides is 1. The zero-order valence-corrected chi connectivity index (χ0v) is 15.5. The maximum Gasteiger partial charge on any atom is 0.410 e. The van der Waals surface area contributed by atoms with Crippen molar-refractivity contribution < 1.29 is 9.53 Å². The van der Waals surface area contributed by atoms with Crippen LogP contribution in [0.3, 0.4) is 0 Å². The van der Waals surface area contributed by atoms with Crippen LogP contribution in [0.4, 0.5) is 10.5 Å². The Morgan fingerprint density at radius 3 is 2.61 bits per heavy atom. The third-order valence-electron chi connectivity index (χ3n) is 4.36. The molecule has 23 heavy (non-hydrogen) atoms. The molecule has 0 bridgehead atoms. The highest BCUT2D eigenvalue weighted by Gasteiger charge is 2.37. The maximum absolute atomic E-state index is 12.5. The molecule has 1 aromatic rings. The number of hydrogen-bond acceptors (Lipinski definition) is 3. The van der Waals surface area contributed by atoms with Gasteiger partial charge in [-0.1, -0.05) is 23.2 Å². The van der Waals surface area contributed by atoms with E-state index in [0.29, 0.717) is 23.1 Å². The van der Waals surface area contributed by atoms with E-state index in [1.165, 1.54) is 5.56 Å². The summed E-state index contributed by atoms with van der Waals surface area (Å²) in [5.74, 6) is 0.219. The Morgan fingerprint density at radius 2 is 1.96 bits per heavy atom. The zero-order chi connectivity index (χ0) is 16.9. The van der Waals surface area contributed by atoms with Crippen molar-refractivity contribution in [3.63, 3.8) is 0 Å². The molecule has 1 amide bonds. The van der Waals surface area contributed by atoms with Crippen molar-refractivity contribution in [2.75, 3.05) is 31.6 Å². The molecule has 1 atom stereocenters. The van der Waals surface area contributed by atoms with Crippen LogP contribution in [0.2, 0.25) is 10.0 Å². The van der Waals surface area contributed by atoms with Gasteiger partial charge >= 0.3 is 6.09 Å². The number of anilines is 1. The molecular weight excluding hydrogens is 335 g/mol. The number of nitrogens with zero attached hydrogens (tertiary/aromatic N) is 2. The smallest absolute Gasteiger partial charge is 0.410 e. The molecule has 6 heteroatoms. The second kappa shape index (κ2) is 5.75. The molecule has 1 unspecified atom stereocenters. The van der Waals surface area contributed by atoms with E-state index >= 15 is 0 Å².